The van der Waals surface area contributed by atoms with Crippen LogP contribution in [0.25, 0.3) is 0 Å². The van der Waals surface area contributed by atoms with Crippen molar-refractivity contribution in [2.75, 3.05) is 7.05 Å². The fourth-order valence-corrected chi connectivity index (χ4v) is 2.89. The van der Waals surface area contributed by atoms with Crippen LogP contribution in [0, 0.1) is 11.6 Å². The number of hydrogen-bond acceptors (Lipinski definition) is 3. The third-order valence-corrected chi connectivity index (χ3v) is 4.48. The van der Waals surface area contributed by atoms with Gasteiger partial charge in [0.15, 0.2) is 0 Å². The minimum absolute atomic E-state index is 0.0863. The van der Waals surface area contributed by atoms with Crippen LogP contribution in [0.4, 0.5) is 8.78 Å². The first kappa shape index (κ1) is 14.5. The average molecular weight is 298 g/mol. The highest BCUT2D eigenvalue weighted by atomic mass is 32.2. The van der Waals surface area contributed by atoms with Crippen LogP contribution in [0.5, 0.6) is 0 Å². The van der Waals surface area contributed by atoms with Gasteiger partial charge in [-0.1, -0.05) is 0 Å². The van der Waals surface area contributed by atoms with Crippen LogP contribution in [0.15, 0.2) is 47.6 Å². The largest absolute Gasteiger partial charge is 0.265 e. The molecule has 2 rings (SSSR count). The van der Waals surface area contributed by atoms with Crippen LogP contribution < -0.4 is 0 Å². The number of hydrogen-bond donors (Lipinski definition) is 0. The molecule has 0 N–H and O–H groups in total. The maximum atomic E-state index is 13.1. The Kier molecular flexibility index (Phi) is 4.10. The Morgan fingerprint density at radius 2 is 1.65 bits per heavy atom. The maximum Gasteiger partial charge on any atom is 0.243 e. The topological polar surface area (TPSA) is 50.3 Å². The quantitative estimate of drug-likeness (QED) is 0.869. The smallest absolute Gasteiger partial charge is 0.243 e. The third kappa shape index (κ3) is 3.17. The van der Waals surface area contributed by atoms with Crippen molar-refractivity contribution in [2.24, 2.45) is 0 Å². The second-order valence-electron chi connectivity index (χ2n) is 4.22. The zero-order chi connectivity index (χ0) is 14.8. The Balaban J connectivity index is 2.30. The zero-order valence-electron chi connectivity index (χ0n) is 10.6. The monoisotopic (exact) mass is 298 g/mol. The Hall–Kier alpha value is -1.86. The lowest BCUT2D eigenvalue weighted by Crippen LogP contribution is -2.26. The van der Waals surface area contributed by atoms with Gasteiger partial charge in [-0.2, -0.15) is 4.31 Å². The van der Waals surface area contributed by atoms with E-state index in [4.69, 9.17) is 0 Å². The van der Waals surface area contributed by atoms with Crippen molar-refractivity contribution in [3.63, 3.8) is 0 Å². The lowest BCUT2D eigenvalue weighted by Gasteiger charge is -2.17. The van der Waals surface area contributed by atoms with Crippen molar-refractivity contribution in [1.29, 1.82) is 0 Å². The molecule has 20 heavy (non-hydrogen) atoms. The molecule has 0 radical (unpaired) electrons. The summed E-state index contributed by atoms with van der Waals surface area (Å²) in [7, 11) is -2.60. The molecule has 1 aromatic heterocycles. The lowest BCUT2D eigenvalue weighted by atomic mass is 10.3. The van der Waals surface area contributed by atoms with Crippen LogP contribution in [0.2, 0.25) is 0 Å². The predicted molar refractivity (Wildman–Crippen MR) is 69.2 cm³/mol. The second-order valence-corrected chi connectivity index (χ2v) is 6.27. The van der Waals surface area contributed by atoms with Crippen LogP contribution in [0.1, 0.15) is 5.56 Å². The summed E-state index contributed by atoms with van der Waals surface area (Å²) in [5, 5.41) is 0. The number of halogens is 2. The Bertz CT molecular complexity index is 685. The van der Waals surface area contributed by atoms with Gasteiger partial charge in [0.1, 0.15) is 11.6 Å². The van der Waals surface area contributed by atoms with Crippen molar-refractivity contribution in [2.45, 2.75) is 11.4 Å². The average Bonchev–Trinajstić information content (AvgIpc) is 2.38. The van der Waals surface area contributed by atoms with E-state index in [-0.39, 0.29) is 6.54 Å². The molecule has 2 aromatic rings. The molecule has 0 spiro atoms. The summed E-state index contributed by atoms with van der Waals surface area (Å²) in [6.07, 6.45) is 3.08. The lowest BCUT2D eigenvalue weighted by molar-refractivity contribution is 0.464. The van der Waals surface area contributed by atoms with Crippen LogP contribution >= 0.6 is 0 Å². The van der Waals surface area contributed by atoms with E-state index in [2.05, 4.69) is 4.98 Å². The predicted octanol–water partition coefficient (Wildman–Crippen LogP) is 2.18. The van der Waals surface area contributed by atoms with E-state index in [1.165, 1.54) is 19.4 Å². The molecular formula is C13H12F2N2O2S. The molecule has 0 saturated heterocycles. The molecule has 0 aliphatic carbocycles. The molecule has 0 atom stereocenters. The second kappa shape index (κ2) is 5.64. The molecule has 0 fully saturated rings. The molecule has 1 aromatic carbocycles. The van der Waals surface area contributed by atoms with E-state index in [9.17, 15) is 17.2 Å². The van der Waals surface area contributed by atoms with E-state index in [0.717, 1.165) is 22.0 Å². The van der Waals surface area contributed by atoms with Gasteiger partial charge in [-0.05, 0) is 29.8 Å². The number of nitrogens with zero attached hydrogens (tertiary/aromatic N) is 2. The third-order valence-electron chi connectivity index (χ3n) is 2.70. The minimum Gasteiger partial charge on any atom is -0.265 e. The Morgan fingerprint density at radius 3 is 2.20 bits per heavy atom. The van der Waals surface area contributed by atoms with Gasteiger partial charge >= 0.3 is 0 Å². The van der Waals surface area contributed by atoms with Gasteiger partial charge in [-0.15, -0.1) is 0 Å². The van der Waals surface area contributed by atoms with Crippen LogP contribution in [-0.2, 0) is 16.6 Å². The number of rotatable bonds is 4. The van der Waals surface area contributed by atoms with Gasteiger partial charge in [0.05, 0.1) is 4.90 Å². The maximum absolute atomic E-state index is 13.1. The summed E-state index contributed by atoms with van der Waals surface area (Å²) in [6, 6.07) is 5.54. The van der Waals surface area contributed by atoms with Gasteiger partial charge in [-0.3, -0.25) is 4.98 Å². The van der Waals surface area contributed by atoms with Crippen molar-refractivity contribution in [1.82, 2.24) is 9.29 Å². The zero-order valence-corrected chi connectivity index (χ0v) is 11.4. The standard InChI is InChI=1S/C13H12F2N2O2S/c1-17(9-10-2-4-16-5-3-10)20(18,19)13-7-11(14)6-12(15)8-13/h2-8H,9H2,1H3. The van der Waals surface area contributed by atoms with E-state index >= 15 is 0 Å². The summed E-state index contributed by atoms with van der Waals surface area (Å²) in [4.78, 5) is 3.42. The molecule has 4 nitrogen and oxygen atoms in total. The Morgan fingerprint density at radius 1 is 1.10 bits per heavy atom. The fraction of sp³-hybridized carbons (Fsp3) is 0.154. The van der Waals surface area contributed by atoms with Gasteiger partial charge in [0, 0.05) is 32.1 Å². The molecular weight excluding hydrogens is 286 g/mol. The fourth-order valence-electron chi connectivity index (χ4n) is 1.69. The highest BCUT2D eigenvalue weighted by Gasteiger charge is 2.22. The van der Waals surface area contributed by atoms with E-state index < -0.39 is 26.6 Å². The summed E-state index contributed by atoms with van der Waals surface area (Å²) in [5.41, 5.74) is 0.725. The van der Waals surface area contributed by atoms with Crippen molar-refractivity contribution in [3.05, 3.63) is 59.9 Å². The molecule has 7 heteroatoms. The van der Waals surface area contributed by atoms with E-state index in [1.54, 1.807) is 12.1 Å². The molecule has 0 aliphatic heterocycles. The highest BCUT2D eigenvalue weighted by molar-refractivity contribution is 7.89. The molecule has 0 saturated carbocycles. The molecule has 0 unspecified atom stereocenters. The molecule has 1 heterocycles. The summed E-state index contributed by atoms with van der Waals surface area (Å²) >= 11 is 0. The number of sulfonamides is 1. The van der Waals surface area contributed by atoms with Crippen LogP contribution in [-0.4, -0.2) is 24.8 Å². The SMILES string of the molecule is CN(Cc1ccncc1)S(=O)(=O)c1cc(F)cc(F)c1. The molecule has 0 amide bonds. The summed E-state index contributed by atoms with van der Waals surface area (Å²) < 4.78 is 51.7. The molecule has 0 bridgehead atoms. The highest BCUT2D eigenvalue weighted by Crippen LogP contribution is 2.19. The van der Waals surface area contributed by atoms with Crippen molar-refractivity contribution >= 4 is 10.0 Å². The van der Waals surface area contributed by atoms with Crippen molar-refractivity contribution < 1.29 is 17.2 Å². The summed E-state index contributed by atoms with van der Waals surface area (Å²) in [6.45, 7) is 0.0863. The van der Waals surface area contributed by atoms with Gasteiger partial charge in [-0.25, -0.2) is 17.2 Å². The van der Waals surface area contributed by atoms with Gasteiger partial charge < -0.3 is 0 Å². The van der Waals surface area contributed by atoms with Crippen molar-refractivity contribution in [3.8, 4) is 0 Å². The van der Waals surface area contributed by atoms with Gasteiger partial charge in [0.25, 0.3) is 0 Å². The number of pyridine rings is 1. The molecule has 106 valence electrons. The Labute approximate surface area is 115 Å². The summed E-state index contributed by atoms with van der Waals surface area (Å²) in [5.74, 6) is -1.86. The first-order chi connectivity index (χ1) is 9.39. The number of benzene rings is 1. The number of aromatic nitrogens is 1. The first-order valence-corrected chi connectivity index (χ1v) is 7.15. The normalized spacial score (nSPS) is 11.8. The van der Waals surface area contributed by atoms with Gasteiger partial charge in [0.2, 0.25) is 10.0 Å². The van der Waals surface area contributed by atoms with E-state index in [0.29, 0.717) is 6.07 Å². The minimum atomic E-state index is -3.95. The molecule has 0 aliphatic rings. The van der Waals surface area contributed by atoms with Crippen LogP contribution in [0.3, 0.4) is 0 Å². The first-order valence-electron chi connectivity index (χ1n) is 5.71. The van der Waals surface area contributed by atoms with E-state index in [1.807, 2.05) is 0 Å².